The zero-order valence-corrected chi connectivity index (χ0v) is 12.8. The quantitative estimate of drug-likeness (QED) is 0.717. The van der Waals surface area contributed by atoms with Crippen LogP contribution in [0.2, 0.25) is 0 Å². The van der Waals surface area contributed by atoms with E-state index < -0.39 is 17.2 Å². The molecule has 4 heteroatoms. The van der Waals surface area contributed by atoms with Gasteiger partial charge >= 0.3 is 5.97 Å². The van der Waals surface area contributed by atoms with Crippen LogP contribution in [-0.4, -0.2) is 34.9 Å². The number of aliphatic hydroxyl groups is 1. The Balaban J connectivity index is 4.26. The van der Waals surface area contributed by atoms with E-state index >= 15 is 0 Å². The summed E-state index contributed by atoms with van der Waals surface area (Å²) in [5, 5.41) is 13.3. The first kappa shape index (κ1) is 17.4. The molecule has 0 aromatic rings. The lowest BCUT2D eigenvalue weighted by Crippen LogP contribution is -2.50. The molecule has 2 atom stereocenters. The van der Waals surface area contributed by atoms with Gasteiger partial charge < -0.3 is 15.2 Å². The Morgan fingerprint density at radius 1 is 1.22 bits per heavy atom. The summed E-state index contributed by atoms with van der Waals surface area (Å²) in [7, 11) is 0. The van der Waals surface area contributed by atoms with Crippen LogP contribution in [0.3, 0.4) is 0 Å². The number of hydrogen-bond acceptors (Lipinski definition) is 4. The highest BCUT2D eigenvalue weighted by Gasteiger charge is 2.34. The molecule has 0 aliphatic heterocycles. The van der Waals surface area contributed by atoms with Gasteiger partial charge in [-0.2, -0.15) is 0 Å². The molecule has 0 saturated heterocycles. The van der Waals surface area contributed by atoms with Gasteiger partial charge in [0.15, 0.2) is 5.60 Å². The summed E-state index contributed by atoms with van der Waals surface area (Å²) in [4.78, 5) is 11.8. The van der Waals surface area contributed by atoms with E-state index in [1.54, 1.807) is 20.8 Å². The lowest BCUT2D eigenvalue weighted by atomic mass is 10.0. The minimum Gasteiger partial charge on any atom is -0.458 e. The minimum absolute atomic E-state index is 0.204. The predicted octanol–water partition coefficient (Wildman–Crippen LogP) is 2.10. The number of carbonyl (C=O) groups excluding carboxylic acids is 1. The van der Waals surface area contributed by atoms with E-state index in [1.807, 2.05) is 6.92 Å². The fourth-order valence-electron chi connectivity index (χ4n) is 1.62. The Kier molecular flexibility index (Phi) is 6.30. The maximum absolute atomic E-state index is 11.8. The Hall–Kier alpha value is -0.610. The molecule has 0 rings (SSSR count). The highest BCUT2D eigenvalue weighted by Crippen LogP contribution is 2.14. The van der Waals surface area contributed by atoms with Crippen molar-refractivity contribution in [3.05, 3.63) is 0 Å². The molecule has 2 N–H and O–H groups in total. The largest absolute Gasteiger partial charge is 0.458 e. The van der Waals surface area contributed by atoms with Crippen LogP contribution in [0.1, 0.15) is 54.9 Å². The monoisotopic (exact) mass is 259 g/mol. The maximum atomic E-state index is 11.8. The normalized spacial score (nSPS) is 17.4. The molecule has 4 nitrogen and oxygen atoms in total. The van der Waals surface area contributed by atoms with E-state index in [9.17, 15) is 9.90 Å². The van der Waals surface area contributed by atoms with Crippen molar-refractivity contribution in [2.45, 2.75) is 72.1 Å². The van der Waals surface area contributed by atoms with E-state index in [4.69, 9.17) is 4.74 Å². The van der Waals surface area contributed by atoms with Gasteiger partial charge in [0.05, 0.1) is 0 Å². The van der Waals surface area contributed by atoms with Gasteiger partial charge in [0.2, 0.25) is 0 Å². The molecular weight excluding hydrogens is 230 g/mol. The molecular formula is C14H29NO3. The lowest BCUT2D eigenvalue weighted by molar-refractivity contribution is -0.174. The van der Waals surface area contributed by atoms with E-state index in [0.717, 1.165) is 6.42 Å². The third kappa shape index (κ3) is 7.67. The van der Waals surface area contributed by atoms with Crippen molar-refractivity contribution in [3.63, 3.8) is 0 Å². The lowest BCUT2D eigenvalue weighted by Gasteiger charge is -2.29. The molecule has 0 radical (unpaired) electrons. The van der Waals surface area contributed by atoms with Crippen molar-refractivity contribution in [1.82, 2.24) is 5.32 Å². The smallest absolute Gasteiger partial charge is 0.339 e. The summed E-state index contributed by atoms with van der Waals surface area (Å²) >= 11 is 0. The molecule has 0 spiro atoms. The molecule has 0 fully saturated rings. The first-order valence-electron chi connectivity index (χ1n) is 6.63. The first-order chi connectivity index (χ1) is 7.94. The van der Waals surface area contributed by atoms with Gasteiger partial charge in [-0.25, -0.2) is 4.79 Å². The number of esters is 1. The number of hydrogen-bond donors (Lipinski definition) is 2. The van der Waals surface area contributed by atoms with E-state index in [0.29, 0.717) is 5.92 Å². The third-order valence-corrected chi connectivity index (χ3v) is 2.46. The van der Waals surface area contributed by atoms with E-state index in [2.05, 4.69) is 19.2 Å². The maximum Gasteiger partial charge on any atom is 0.339 e. The van der Waals surface area contributed by atoms with Crippen LogP contribution in [0.4, 0.5) is 0 Å². The van der Waals surface area contributed by atoms with Crippen LogP contribution < -0.4 is 5.32 Å². The fraction of sp³-hybridized carbons (Fsp3) is 0.929. The highest BCUT2D eigenvalue weighted by atomic mass is 16.6. The molecule has 0 aliphatic carbocycles. The molecule has 0 aliphatic rings. The first-order valence-corrected chi connectivity index (χ1v) is 6.63. The molecule has 0 unspecified atom stereocenters. The van der Waals surface area contributed by atoms with Crippen molar-refractivity contribution < 1.29 is 14.6 Å². The number of nitrogens with one attached hydrogen (secondary N) is 1. The van der Waals surface area contributed by atoms with Gasteiger partial charge in [-0.05, 0) is 47.0 Å². The molecule has 108 valence electrons. The summed E-state index contributed by atoms with van der Waals surface area (Å²) < 4.78 is 5.19. The predicted molar refractivity (Wildman–Crippen MR) is 73.4 cm³/mol. The van der Waals surface area contributed by atoms with E-state index in [-0.39, 0.29) is 12.6 Å². The minimum atomic E-state index is -1.49. The van der Waals surface area contributed by atoms with Gasteiger partial charge in [-0.3, -0.25) is 0 Å². The van der Waals surface area contributed by atoms with Crippen molar-refractivity contribution in [2.24, 2.45) is 5.92 Å². The molecule has 0 bridgehead atoms. The topological polar surface area (TPSA) is 58.6 Å². The average Bonchev–Trinajstić information content (AvgIpc) is 2.11. The Labute approximate surface area is 111 Å². The zero-order chi connectivity index (χ0) is 14.6. The Morgan fingerprint density at radius 2 is 1.72 bits per heavy atom. The number of carbonyl (C=O) groups is 1. The van der Waals surface area contributed by atoms with Crippen LogP contribution in [0.5, 0.6) is 0 Å². The number of rotatable bonds is 6. The van der Waals surface area contributed by atoms with Crippen LogP contribution in [0.15, 0.2) is 0 Å². The number of ether oxygens (including phenoxy) is 1. The second-order valence-electron chi connectivity index (χ2n) is 6.69. The summed E-state index contributed by atoms with van der Waals surface area (Å²) in [6, 6.07) is 0.263. The van der Waals surface area contributed by atoms with Crippen LogP contribution in [0, 0.1) is 5.92 Å². The second-order valence-corrected chi connectivity index (χ2v) is 6.69. The highest BCUT2D eigenvalue weighted by molar-refractivity contribution is 5.79. The average molecular weight is 259 g/mol. The molecule has 18 heavy (non-hydrogen) atoms. The van der Waals surface area contributed by atoms with Crippen LogP contribution in [-0.2, 0) is 9.53 Å². The summed E-state index contributed by atoms with van der Waals surface area (Å²) in [6.07, 6.45) is 1.00. The Bertz CT molecular complexity index is 267. The van der Waals surface area contributed by atoms with Crippen molar-refractivity contribution in [2.75, 3.05) is 6.54 Å². The molecule has 0 amide bonds. The van der Waals surface area contributed by atoms with Crippen LogP contribution in [0.25, 0.3) is 0 Å². The van der Waals surface area contributed by atoms with Crippen molar-refractivity contribution in [3.8, 4) is 0 Å². The van der Waals surface area contributed by atoms with Gasteiger partial charge in [0, 0.05) is 12.6 Å². The molecule has 0 aromatic heterocycles. The van der Waals surface area contributed by atoms with Gasteiger partial charge in [0.1, 0.15) is 5.60 Å². The molecule has 0 heterocycles. The SMILES string of the molecule is CC(C)C[C@@H](C)NC[C@@](C)(O)C(=O)OC(C)(C)C. The fourth-order valence-corrected chi connectivity index (χ4v) is 1.62. The van der Waals surface area contributed by atoms with Gasteiger partial charge in [0.25, 0.3) is 0 Å². The molecule has 0 aromatic carbocycles. The molecule has 0 saturated carbocycles. The van der Waals surface area contributed by atoms with E-state index in [1.165, 1.54) is 6.92 Å². The standard InChI is InChI=1S/C14H29NO3/c1-10(2)8-11(3)15-9-14(7,17)12(16)18-13(4,5)6/h10-11,15,17H,8-9H2,1-7H3/t11-,14-/m1/s1. The van der Waals surface area contributed by atoms with Crippen molar-refractivity contribution >= 4 is 5.97 Å². The van der Waals surface area contributed by atoms with Gasteiger partial charge in [-0.15, -0.1) is 0 Å². The zero-order valence-electron chi connectivity index (χ0n) is 12.8. The summed E-state index contributed by atoms with van der Waals surface area (Å²) in [5.41, 5.74) is -2.07. The Morgan fingerprint density at radius 3 is 2.11 bits per heavy atom. The van der Waals surface area contributed by atoms with Crippen LogP contribution >= 0.6 is 0 Å². The summed E-state index contributed by atoms with van der Waals surface area (Å²) in [6.45, 7) is 13.4. The summed E-state index contributed by atoms with van der Waals surface area (Å²) in [5.74, 6) is -0.00165. The van der Waals surface area contributed by atoms with Gasteiger partial charge in [-0.1, -0.05) is 13.8 Å². The second kappa shape index (κ2) is 6.53. The third-order valence-electron chi connectivity index (χ3n) is 2.46. The van der Waals surface area contributed by atoms with Crippen molar-refractivity contribution in [1.29, 1.82) is 0 Å².